The molecule has 104 valence electrons. The monoisotopic (exact) mass is 262 g/mol. The molecule has 0 spiro atoms. The van der Waals surface area contributed by atoms with Gasteiger partial charge in [-0.05, 0) is 56.7 Å². The van der Waals surface area contributed by atoms with Crippen LogP contribution in [0.3, 0.4) is 0 Å². The predicted octanol–water partition coefficient (Wildman–Crippen LogP) is 3.63. The van der Waals surface area contributed by atoms with Crippen LogP contribution in [0.1, 0.15) is 50.6 Å². The Kier molecular flexibility index (Phi) is 3.74. The fourth-order valence-corrected chi connectivity index (χ4v) is 2.88. The Morgan fingerprint density at radius 3 is 2.58 bits per heavy atom. The van der Waals surface area contributed by atoms with Gasteiger partial charge in [-0.2, -0.15) is 0 Å². The molecular formula is C16H23FN2. The minimum atomic E-state index is -0.0659. The smallest absolute Gasteiger partial charge is 0.146 e. The lowest BCUT2D eigenvalue weighted by atomic mass is 10.1. The molecule has 3 rings (SSSR count). The van der Waals surface area contributed by atoms with E-state index in [1.54, 1.807) is 6.07 Å². The second-order valence-corrected chi connectivity index (χ2v) is 5.92. The summed E-state index contributed by atoms with van der Waals surface area (Å²) in [6.07, 6.45) is 6.16. The van der Waals surface area contributed by atoms with Crippen LogP contribution < -0.4 is 10.2 Å². The summed E-state index contributed by atoms with van der Waals surface area (Å²) in [5.41, 5.74) is 1.84. The number of rotatable bonds is 4. The molecule has 1 saturated heterocycles. The molecule has 0 amide bonds. The lowest BCUT2D eigenvalue weighted by molar-refractivity contribution is 0.546. The number of hydrogen-bond acceptors (Lipinski definition) is 2. The zero-order chi connectivity index (χ0) is 13.2. The topological polar surface area (TPSA) is 15.3 Å². The predicted molar refractivity (Wildman–Crippen MR) is 77.0 cm³/mol. The van der Waals surface area contributed by atoms with Crippen molar-refractivity contribution in [2.75, 3.05) is 18.0 Å². The lowest BCUT2D eigenvalue weighted by Crippen LogP contribution is -2.30. The van der Waals surface area contributed by atoms with Gasteiger partial charge in [0.05, 0.1) is 5.69 Å². The van der Waals surface area contributed by atoms with E-state index in [0.717, 1.165) is 24.3 Å². The van der Waals surface area contributed by atoms with Crippen LogP contribution in [0, 0.1) is 5.82 Å². The fourth-order valence-electron chi connectivity index (χ4n) is 2.88. The molecule has 2 aliphatic rings. The van der Waals surface area contributed by atoms with Crippen molar-refractivity contribution < 1.29 is 4.39 Å². The van der Waals surface area contributed by atoms with E-state index in [1.165, 1.54) is 32.1 Å². The minimum absolute atomic E-state index is 0.0659. The number of nitrogens with one attached hydrogen (secondary N) is 1. The summed E-state index contributed by atoms with van der Waals surface area (Å²) in [6.45, 7) is 4.10. The van der Waals surface area contributed by atoms with E-state index in [2.05, 4.69) is 23.2 Å². The van der Waals surface area contributed by atoms with Crippen LogP contribution in [0.25, 0.3) is 0 Å². The van der Waals surface area contributed by atoms with E-state index >= 15 is 0 Å². The van der Waals surface area contributed by atoms with Gasteiger partial charge in [-0.1, -0.05) is 6.07 Å². The normalized spacial score (nSPS) is 21.5. The van der Waals surface area contributed by atoms with E-state index in [-0.39, 0.29) is 11.9 Å². The molecule has 0 unspecified atom stereocenters. The van der Waals surface area contributed by atoms with Crippen molar-refractivity contribution in [1.82, 2.24) is 5.32 Å². The molecule has 2 nitrogen and oxygen atoms in total. The number of piperidine rings is 1. The van der Waals surface area contributed by atoms with Gasteiger partial charge in [0.25, 0.3) is 0 Å². The van der Waals surface area contributed by atoms with Crippen LogP contribution in [0.4, 0.5) is 10.1 Å². The maximum atomic E-state index is 14.3. The number of halogens is 1. The SMILES string of the molecule is C[C@H](NC1CC1)c1ccc(N2CCCCC2)c(F)c1. The van der Waals surface area contributed by atoms with Gasteiger partial charge in [0, 0.05) is 25.2 Å². The maximum absolute atomic E-state index is 14.3. The van der Waals surface area contributed by atoms with E-state index in [4.69, 9.17) is 0 Å². The highest BCUT2D eigenvalue weighted by atomic mass is 19.1. The van der Waals surface area contributed by atoms with Crippen LogP contribution >= 0.6 is 0 Å². The number of hydrogen-bond donors (Lipinski definition) is 1. The highest BCUT2D eigenvalue weighted by Crippen LogP contribution is 2.28. The molecular weight excluding hydrogens is 239 g/mol. The number of anilines is 1. The van der Waals surface area contributed by atoms with Gasteiger partial charge in [-0.25, -0.2) is 4.39 Å². The molecule has 1 aromatic rings. The van der Waals surface area contributed by atoms with Crippen LogP contribution in [-0.4, -0.2) is 19.1 Å². The minimum Gasteiger partial charge on any atom is -0.369 e. The Morgan fingerprint density at radius 2 is 1.95 bits per heavy atom. The van der Waals surface area contributed by atoms with Crippen molar-refractivity contribution in [2.24, 2.45) is 0 Å². The van der Waals surface area contributed by atoms with Crippen molar-refractivity contribution in [1.29, 1.82) is 0 Å². The van der Waals surface area contributed by atoms with Gasteiger partial charge >= 0.3 is 0 Å². The van der Waals surface area contributed by atoms with Gasteiger partial charge in [0.15, 0.2) is 0 Å². The summed E-state index contributed by atoms with van der Waals surface area (Å²) in [5, 5.41) is 3.52. The van der Waals surface area contributed by atoms with Crippen LogP contribution in [0.5, 0.6) is 0 Å². The molecule has 0 aromatic heterocycles. The van der Waals surface area contributed by atoms with Crippen molar-refractivity contribution >= 4 is 5.69 Å². The summed E-state index contributed by atoms with van der Waals surface area (Å²) in [7, 11) is 0. The molecule has 2 fully saturated rings. The molecule has 1 N–H and O–H groups in total. The largest absolute Gasteiger partial charge is 0.369 e. The van der Waals surface area contributed by atoms with Crippen molar-refractivity contribution in [3.05, 3.63) is 29.6 Å². The summed E-state index contributed by atoms with van der Waals surface area (Å²) in [5.74, 6) is -0.0659. The third-order valence-electron chi connectivity index (χ3n) is 4.23. The number of benzene rings is 1. The zero-order valence-electron chi connectivity index (χ0n) is 11.7. The summed E-state index contributed by atoms with van der Waals surface area (Å²) in [4.78, 5) is 2.18. The van der Waals surface area contributed by atoms with Gasteiger partial charge in [-0.15, -0.1) is 0 Å². The fraction of sp³-hybridized carbons (Fsp3) is 0.625. The van der Waals surface area contributed by atoms with Gasteiger partial charge in [0.2, 0.25) is 0 Å². The van der Waals surface area contributed by atoms with Gasteiger partial charge < -0.3 is 10.2 Å². The Labute approximate surface area is 115 Å². The molecule has 1 saturated carbocycles. The van der Waals surface area contributed by atoms with Crippen LogP contribution in [-0.2, 0) is 0 Å². The van der Waals surface area contributed by atoms with E-state index in [1.807, 2.05) is 6.07 Å². The molecule has 0 radical (unpaired) electrons. The first kappa shape index (κ1) is 12.9. The molecule has 0 bridgehead atoms. The third-order valence-corrected chi connectivity index (χ3v) is 4.23. The highest BCUT2D eigenvalue weighted by Gasteiger charge is 2.24. The molecule has 1 aliphatic heterocycles. The van der Waals surface area contributed by atoms with E-state index < -0.39 is 0 Å². The Hall–Kier alpha value is -1.09. The van der Waals surface area contributed by atoms with E-state index in [0.29, 0.717) is 6.04 Å². The lowest BCUT2D eigenvalue weighted by Gasteiger charge is -2.29. The molecule has 1 heterocycles. The first-order valence-corrected chi connectivity index (χ1v) is 7.54. The molecule has 1 aromatic carbocycles. The third kappa shape index (κ3) is 3.08. The summed E-state index contributed by atoms with van der Waals surface area (Å²) < 4.78 is 14.3. The first-order chi connectivity index (χ1) is 9.24. The molecule has 1 aliphatic carbocycles. The van der Waals surface area contributed by atoms with Crippen molar-refractivity contribution in [3.8, 4) is 0 Å². The maximum Gasteiger partial charge on any atom is 0.146 e. The average molecular weight is 262 g/mol. The zero-order valence-corrected chi connectivity index (χ0v) is 11.7. The quantitative estimate of drug-likeness (QED) is 0.891. The molecule has 19 heavy (non-hydrogen) atoms. The number of nitrogens with zero attached hydrogens (tertiary/aromatic N) is 1. The highest BCUT2D eigenvalue weighted by molar-refractivity contribution is 5.49. The average Bonchev–Trinajstić information content (AvgIpc) is 3.23. The molecule has 3 heteroatoms. The Balaban J connectivity index is 1.72. The summed E-state index contributed by atoms with van der Waals surface area (Å²) in [6, 6.07) is 6.65. The standard InChI is InChI=1S/C16H23FN2/c1-12(18-14-6-7-14)13-5-8-16(15(17)11-13)19-9-3-2-4-10-19/h5,8,11-12,14,18H,2-4,6-7,9-10H2,1H3/t12-/m0/s1. The van der Waals surface area contributed by atoms with Crippen molar-refractivity contribution in [2.45, 2.75) is 51.1 Å². The second-order valence-electron chi connectivity index (χ2n) is 5.92. The van der Waals surface area contributed by atoms with Gasteiger partial charge in [-0.3, -0.25) is 0 Å². The van der Waals surface area contributed by atoms with Crippen molar-refractivity contribution in [3.63, 3.8) is 0 Å². The summed E-state index contributed by atoms with van der Waals surface area (Å²) >= 11 is 0. The molecule has 1 atom stereocenters. The first-order valence-electron chi connectivity index (χ1n) is 7.54. The Bertz CT molecular complexity index is 436. The van der Waals surface area contributed by atoms with Crippen LogP contribution in [0.2, 0.25) is 0 Å². The van der Waals surface area contributed by atoms with Gasteiger partial charge in [0.1, 0.15) is 5.82 Å². The van der Waals surface area contributed by atoms with Crippen LogP contribution in [0.15, 0.2) is 18.2 Å². The van der Waals surface area contributed by atoms with E-state index in [9.17, 15) is 4.39 Å². The second kappa shape index (κ2) is 5.49. The Morgan fingerprint density at radius 1 is 1.21 bits per heavy atom.